The average molecular weight is 379 g/mol. The van der Waals surface area contributed by atoms with Crippen LogP contribution in [0.1, 0.15) is 45.6 Å². The maximum Gasteiger partial charge on any atom is 0.337 e. The topological polar surface area (TPSA) is 59.3 Å². The van der Waals surface area contributed by atoms with Crippen molar-refractivity contribution < 1.29 is 4.79 Å². The second kappa shape index (κ2) is 7.08. The number of fused-ring (bicyclic) bond motifs is 3. The van der Waals surface area contributed by atoms with Crippen LogP contribution in [0.4, 0.5) is 4.79 Å². The molecule has 3 heterocycles. The summed E-state index contributed by atoms with van der Waals surface area (Å²) in [6.45, 7) is 3.93. The predicted octanol–water partition coefficient (Wildman–Crippen LogP) is 2.99. The van der Waals surface area contributed by atoms with E-state index in [1.54, 1.807) is 4.57 Å². The number of imidazole rings is 1. The Hall–Kier alpha value is -1.79. The Balaban J connectivity index is 0.00000196. The van der Waals surface area contributed by atoms with E-state index in [-0.39, 0.29) is 36.2 Å². The van der Waals surface area contributed by atoms with Crippen molar-refractivity contribution in [3.63, 3.8) is 0 Å². The van der Waals surface area contributed by atoms with Gasteiger partial charge >= 0.3 is 11.7 Å². The highest BCUT2D eigenvalue weighted by atomic mass is 35.5. The van der Waals surface area contributed by atoms with Crippen LogP contribution < -0.4 is 11.0 Å². The first-order chi connectivity index (χ1) is 12.0. The van der Waals surface area contributed by atoms with Crippen LogP contribution in [0.25, 0.3) is 11.0 Å². The summed E-state index contributed by atoms with van der Waals surface area (Å²) in [5.41, 5.74) is 1.22. The number of piperidine rings is 1. The standard InChI is InChI=1S/C19H26N4O2.ClH/c1-12(2)22-16-6-4-5-7-17(16)23(19(22)25)18(24)20-13-10-14-8-9-15(11-13)21(14)3;/h4-7,12-15H,8-11H2,1-3H3,(H,20,24);1H/t13-,14+,15-;. The van der Waals surface area contributed by atoms with Crippen molar-refractivity contribution in [1.82, 2.24) is 19.4 Å². The molecule has 2 fully saturated rings. The Kier molecular flexibility index (Phi) is 5.17. The first kappa shape index (κ1) is 19.0. The highest BCUT2D eigenvalue weighted by molar-refractivity contribution is 5.89. The fourth-order valence-electron chi connectivity index (χ4n) is 4.63. The summed E-state index contributed by atoms with van der Waals surface area (Å²) < 4.78 is 2.99. The van der Waals surface area contributed by atoms with Gasteiger partial charge in [-0.1, -0.05) is 12.1 Å². The zero-order valence-electron chi connectivity index (χ0n) is 15.5. The van der Waals surface area contributed by atoms with E-state index in [4.69, 9.17) is 0 Å². The van der Waals surface area contributed by atoms with Gasteiger partial charge in [0.1, 0.15) is 0 Å². The van der Waals surface area contributed by atoms with Crippen molar-refractivity contribution in [1.29, 1.82) is 0 Å². The molecule has 1 aromatic heterocycles. The van der Waals surface area contributed by atoms with Crippen LogP contribution in [-0.4, -0.2) is 45.2 Å². The molecule has 0 unspecified atom stereocenters. The van der Waals surface area contributed by atoms with E-state index in [2.05, 4.69) is 17.3 Å². The van der Waals surface area contributed by atoms with Gasteiger partial charge in [-0.15, -0.1) is 12.4 Å². The molecule has 0 saturated carbocycles. The van der Waals surface area contributed by atoms with Gasteiger partial charge in [-0.05, 0) is 58.7 Å². The van der Waals surface area contributed by atoms with Crippen LogP contribution in [0.2, 0.25) is 0 Å². The van der Waals surface area contributed by atoms with Gasteiger partial charge in [-0.3, -0.25) is 4.57 Å². The number of hydrogen-bond acceptors (Lipinski definition) is 3. The highest BCUT2D eigenvalue weighted by Crippen LogP contribution is 2.34. The Labute approximate surface area is 159 Å². The number of para-hydroxylation sites is 2. The van der Waals surface area contributed by atoms with Crippen LogP contribution >= 0.6 is 12.4 Å². The number of benzene rings is 1. The quantitative estimate of drug-likeness (QED) is 0.873. The van der Waals surface area contributed by atoms with Crippen molar-refractivity contribution in [2.45, 2.75) is 63.7 Å². The molecule has 1 amide bonds. The molecule has 26 heavy (non-hydrogen) atoms. The van der Waals surface area contributed by atoms with E-state index >= 15 is 0 Å². The van der Waals surface area contributed by atoms with Crippen LogP contribution in [-0.2, 0) is 0 Å². The fourth-order valence-corrected chi connectivity index (χ4v) is 4.63. The van der Waals surface area contributed by atoms with E-state index in [9.17, 15) is 9.59 Å². The van der Waals surface area contributed by atoms with Crippen LogP contribution in [0.5, 0.6) is 0 Å². The van der Waals surface area contributed by atoms with Gasteiger partial charge in [0.2, 0.25) is 0 Å². The number of amides is 1. The van der Waals surface area contributed by atoms with Crippen molar-refractivity contribution in [2.75, 3.05) is 7.05 Å². The van der Waals surface area contributed by atoms with Crippen LogP contribution in [0, 0.1) is 0 Å². The lowest BCUT2D eigenvalue weighted by atomic mass is 9.98. The largest absolute Gasteiger partial charge is 0.337 e. The van der Waals surface area contributed by atoms with Gasteiger partial charge < -0.3 is 10.2 Å². The minimum Gasteiger partial charge on any atom is -0.334 e. The first-order valence-corrected chi connectivity index (χ1v) is 9.22. The van der Waals surface area contributed by atoms with Crippen LogP contribution in [0.3, 0.4) is 0 Å². The molecule has 4 rings (SSSR count). The first-order valence-electron chi connectivity index (χ1n) is 9.22. The molecule has 2 saturated heterocycles. The normalized spacial score (nSPS) is 25.5. The van der Waals surface area contributed by atoms with Gasteiger partial charge in [0.25, 0.3) is 0 Å². The molecule has 6 nitrogen and oxygen atoms in total. The molecule has 2 aliphatic heterocycles. The lowest BCUT2D eigenvalue weighted by molar-refractivity contribution is 0.149. The summed E-state index contributed by atoms with van der Waals surface area (Å²) in [4.78, 5) is 28.2. The fraction of sp³-hybridized carbons (Fsp3) is 0.579. The molecule has 2 aliphatic rings. The second-order valence-electron chi connectivity index (χ2n) is 7.74. The molecule has 142 valence electrons. The van der Waals surface area contributed by atoms with Gasteiger partial charge in [-0.2, -0.15) is 0 Å². The molecule has 1 N–H and O–H groups in total. The summed E-state index contributed by atoms with van der Waals surface area (Å²) in [5, 5.41) is 3.13. The van der Waals surface area contributed by atoms with E-state index in [1.165, 1.54) is 17.4 Å². The summed E-state index contributed by atoms with van der Waals surface area (Å²) in [5.74, 6) is 0. The second-order valence-corrected chi connectivity index (χ2v) is 7.74. The summed E-state index contributed by atoms with van der Waals surface area (Å²) in [6, 6.07) is 8.47. The molecule has 3 atom stereocenters. The van der Waals surface area contributed by atoms with E-state index < -0.39 is 0 Å². The van der Waals surface area contributed by atoms with E-state index in [1.807, 2.05) is 38.1 Å². The van der Waals surface area contributed by atoms with E-state index in [0.717, 1.165) is 18.4 Å². The van der Waals surface area contributed by atoms with Crippen molar-refractivity contribution in [3.8, 4) is 0 Å². The maximum atomic E-state index is 12.9. The van der Waals surface area contributed by atoms with Crippen LogP contribution in [0.15, 0.2) is 29.1 Å². The van der Waals surface area contributed by atoms with E-state index in [0.29, 0.717) is 17.6 Å². The molecule has 2 aromatic rings. The zero-order chi connectivity index (χ0) is 17.7. The number of aromatic nitrogens is 2. The van der Waals surface area contributed by atoms with Gasteiger partial charge in [0.05, 0.1) is 11.0 Å². The lowest BCUT2D eigenvalue weighted by Crippen LogP contribution is -2.50. The predicted molar refractivity (Wildman–Crippen MR) is 105 cm³/mol. The monoisotopic (exact) mass is 378 g/mol. The number of nitrogens with one attached hydrogen (secondary N) is 1. The number of hydrogen-bond donors (Lipinski definition) is 1. The minimum absolute atomic E-state index is 0. The van der Waals surface area contributed by atoms with Gasteiger partial charge in [0.15, 0.2) is 0 Å². The Morgan fingerprint density at radius 3 is 2.27 bits per heavy atom. The number of rotatable bonds is 2. The Morgan fingerprint density at radius 1 is 1.12 bits per heavy atom. The Morgan fingerprint density at radius 2 is 1.69 bits per heavy atom. The maximum absolute atomic E-state index is 12.9. The zero-order valence-corrected chi connectivity index (χ0v) is 16.3. The molecule has 7 heteroatoms. The third kappa shape index (κ3) is 2.95. The smallest absolute Gasteiger partial charge is 0.334 e. The number of nitrogens with zero attached hydrogens (tertiary/aromatic N) is 3. The molecule has 0 aliphatic carbocycles. The van der Waals surface area contributed by atoms with Crippen molar-refractivity contribution in [2.24, 2.45) is 0 Å². The molecular formula is C19H27ClN4O2. The SMILES string of the molecule is CC(C)n1c(=O)n(C(=O)N[C@H]2C[C@H]3CC[C@@H](C2)N3C)c2ccccc21.Cl. The molecule has 1 aromatic carbocycles. The molecule has 0 radical (unpaired) electrons. The number of carbonyl (C=O) groups is 1. The third-order valence-corrected chi connectivity index (χ3v) is 5.92. The molecular weight excluding hydrogens is 352 g/mol. The summed E-state index contributed by atoms with van der Waals surface area (Å²) in [7, 11) is 2.18. The van der Waals surface area contributed by atoms with Crippen molar-refractivity contribution in [3.05, 3.63) is 34.7 Å². The van der Waals surface area contributed by atoms with Crippen molar-refractivity contribution >= 4 is 29.5 Å². The summed E-state index contributed by atoms with van der Waals surface area (Å²) in [6.07, 6.45) is 4.35. The number of carbonyl (C=O) groups excluding carboxylic acids is 1. The Bertz CT molecular complexity index is 858. The summed E-state index contributed by atoms with van der Waals surface area (Å²) >= 11 is 0. The minimum atomic E-state index is -0.297. The van der Waals surface area contributed by atoms with Gasteiger partial charge in [0, 0.05) is 24.2 Å². The third-order valence-electron chi connectivity index (χ3n) is 5.92. The van der Waals surface area contributed by atoms with Gasteiger partial charge in [-0.25, -0.2) is 14.2 Å². The molecule has 0 spiro atoms. The average Bonchev–Trinajstić information content (AvgIpc) is 2.95. The lowest BCUT2D eigenvalue weighted by Gasteiger charge is -2.36. The number of halogens is 1. The highest BCUT2D eigenvalue weighted by Gasteiger charge is 2.39. The molecule has 2 bridgehead atoms.